The van der Waals surface area contributed by atoms with E-state index in [4.69, 9.17) is 10.00 Å². The summed E-state index contributed by atoms with van der Waals surface area (Å²) in [5.74, 6) is -0.101. The van der Waals surface area contributed by atoms with E-state index in [0.29, 0.717) is 19.4 Å². The summed E-state index contributed by atoms with van der Waals surface area (Å²) in [6.07, 6.45) is 1.00. The van der Waals surface area contributed by atoms with Gasteiger partial charge in [0.05, 0.1) is 29.8 Å². The number of rotatable bonds is 5. The summed E-state index contributed by atoms with van der Waals surface area (Å²) in [5.41, 5.74) is 0.896. The monoisotopic (exact) mass is 276 g/mol. The molecule has 0 aliphatic rings. The van der Waals surface area contributed by atoms with Crippen LogP contribution in [0.1, 0.15) is 15.6 Å². The Morgan fingerprint density at radius 1 is 1.42 bits per heavy atom. The lowest BCUT2D eigenvalue weighted by atomic mass is 10.3. The quantitative estimate of drug-likeness (QED) is 0.842. The fourth-order valence-electron chi connectivity index (χ4n) is 1.64. The summed E-state index contributed by atoms with van der Waals surface area (Å²) < 4.78 is 18.7. The number of thiazole rings is 1. The van der Waals surface area contributed by atoms with Gasteiger partial charge in [0.1, 0.15) is 0 Å². The van der Waals surface area contributed by atoms with E-state index in [9.17, 15) is 4.39 Å². The van der Waals surface area contributed by atoms with Crippen molar-refractivity contribution in [3.05, 3.63) is 45.7 Å². The third kappa shape index (κ3) is 3.52. The van der Waals surface area contributed by atoms with E-state index < -0.39 is 0 Å². The molecular formula is C14H13FN2OS. The number of aryl methyl sites for hydroxylation is 1. The standard InChI is InChI=1S/C14H13FN2OS/c1-10-13(6-8-16)19-14(17-10)7-9-18-12-5-3-2-4-11(12)15/h2-5H,6-7,9H2,1H3. The maximum absolute atomic E-state index is 13.3. The number of aromatic nitrogens is 1. The fraction of sp³-hybridized carbons (Fsp3) is 0.286. The molecular weight excluding hydrogens is 263 g/mol. The number of nitrogens with zero attached hydrogens (tertiary/aromatic N) is 2. The lowest BCUT2D eigenvalue weighted by molar-refractivity contribution is 0.305. The van der Waals surface area contributed by atoms with Crippen LogP contribution in [-0.2, 0) is 12.8 Å². The van der Waals surface area contributed by atoms with Gasteiger partial charge in [-0.25, -0.2) is 9.37 Å². The predicted molar refractivity (Wildman–Crippen MR) is 71.8 cm³/mol. The van der Waals surface area contributed by atoms with Crippen LogP contribution in [0.25, 0.3) is 0 Å². The molecule has 0 bridgehead atoms. The molecule has 0 N–H and O–H groups in total. The molecule has 0 atom stereocenters. The minimum atomic E-state index is -0.358. The molecule has 0 unspecified atom stereocenters. The summed E-state index contributed by atoms with van der Waals surface area (Å²) in [4.78, 5) is 5.37. The Balaban J connectivity index is 1.91. The van der Waals surface area contributed by atoms with Crippen LogP contribution in [0.3, 0.4) is 0 Å². The molecule has 98 valence electrons. The van der Waals surface area contributed by atoms with Crippen LogP contribution < -0.4 is 4.74 Å². The molecule has 1 heterocycles. The van der Waals surface area contributed by atoms with Gasteiger partial charge < -0.3 is 4.74 Å². The van der Waals surface area contributed by atoms with E-state index in [1.54, 1.807) is 18.2 Å². The number of hydrogen-bond acceptors (Lipinski definition) is 4. The van der Waals surface area contributed by atoms with Gasteiger partial charge >= 0.3 is 0 Å². The predicted octanol–water partition coefficient (Wildman–Crippen LogP) is 3.28. The first-order chi connectivity index (χ1) is 9.20. The van der Waals surface area contributed by atoms with E-state index in [-0.39, 0.29) is 11.6 Å². The van der Waals surface area contributed by atoms with Crippen molar-refractivity contribution in [2.45, 2.75) is 19.8 Å². The van der Waals surface area contributed by atoms with E-state index in [1.165, 1.54) is 17.4 Å². The average molecular weight is 276 g/mol. The van der Waals surface area contributed by atoms with Crippen molar-refractivity contribution in [1.82, 2.24) is 4.98 Å². The van der Waals surface area contributed by atoms with Crippen molar-refractivity contribution in [1.29, 1.82) is 5.26 Å². The number of ether oxygens (including phenoxy) is 1. The van der Waals surface area contributed by atoms with E-state index in [0.717, 1.165) is 15.6 Å². The van der Waals surface area contributed by atoms with Crippen molar-refractivity contribution >= 4 is 11.3 Å². The minimum Gasteiger partial charge on any atom is -0.490 e. The highest BCUT2D eigenvalue weighted by Crippen LogP contribution is 2.20. The number of hydrogen-bond donors (Lipinski definition) is 0. The Bertz CT molecular complexity index is 604. The maximum Gasteiger partial charge on any atom is 0.165 e. The molecule has 3 nitrogen and oxygen atoms in total. The average Bonchev–Trinajstić information content (AvgIpc) is 2.73. The highest BCUT2D eigenvalue weighted by atomic mass is 32.1. The smallest absolute Gasteiger partial charge is 0.165 e. The SMILES string of the molecule is Cc1nc(CCOc2ccccc2F)sc1CC#N. The Kier molecular flexibility index (Phi) is 4.48. The zero-order valence-corrected chi connectivity index (χ0v) is 11.3. The maximum atomic E-state index is 13.3. The first-order valence-electron chi connectivity index (χ1n) is 5.90. The minimum absolute atomic E-state index is 0.257. The molecule has 0 radical (unpaired) electrons. The van der Waals surface area contributed by atoms with Crippen LogP contribution in [0.15, 0.2) is 24.3 Å². The summed E-state index contributed by atoms with van der Waals surface area (Å²) in [6, 6.07) is 8.45. The van der Waals surface area contributed by atoms with Crippen LogP contribution in [0.2, 0.25) is 0 Å². The second-order valence-electron chi connectivity index (χ2n) is 3.98. The first-order valence-corrected chi connectivity index (χ1v) is 6.72. The van der Waals surface area contributed by atoms with Crippen molar-refractivity contribution < 1.29 is 9.13 Å². The molecule has 0 spiro atoms. The summed E-state index contributed by atoms with van der Waals surface area (Å²) in [6.45, 7) is 2.27. The van der Waals surface area contributed by atoms with Crippen molar-refractivity contribution in [3.63, 3.8) is 0 Å². The molecule has 0 aliphatic heterocycles. The molecule has 0 amide bonds. The molecule has 0 saturated heterocycles. The summed E-state index contributed by atoms with van der Waals surface area (Å²) in [7, 11) is 0. The zero-order valence-electron chi connectivity index (χ0n) is 10.5. The Morgan fingerprint density at radius 3 is 2.95 bits per heavy atom. The zero-order chi connectivity index (χ0) is 13.7. The van der Waals surface area contributed by atoms with Gasteiger partial charge in [-0.3, -0.25) is 0 Å². The van der Waals surface area contributed by atoms with Crippen LogP contribution in [0.4, 0.5) is 4.39 Å². The number of benzene rings is 1. The third-order valence-electron chi connectivity index (χ3n) is 2.59. The van der Waals surface area contributed by atoms with Crippen LogP contribution in [0, 0.1) is 24.1 Å². The van der Waals surface area contributed by atoms with E-state index >= 15 is 0 Å². The van der Waals surface area contributed by atoms with Crippen molar-refractivity contribution in [2.24, 2.45) is 0 Å². The molecule has 2 rings (SSSR count). The molecule has 5 heteroatoms. The first kappa shape index (κ1) is 13.5. The molecule has 19 heavy (non-hydrogen) atoms. The fourth-order valence-corrected chi connectivity index (χ4v) is 2.62. The van der Waals surface area contributed by atoms with Gasteiger partial charge in [0.25, 0.3) is 0 Å². The van der Waals surface area contributed by atoms with Gasteiger partial charge in [-0.1, -0.05) is 12.1 Å². The molecule has 0 saturated carbocycles. The topological polar surface area (TPSA) is 45.9 Å². The summed E-state index contributed by atoms with van der Waals surface area (Å²) >= 11 is 1.52. The summed E-state index contributed by atoms with van der Waals surface area (Å²) in [5, 5.41) is 9.59. The molecule has 1 aromatic heterocycles. The third-order valence-corrected chi connectivity index (χ3v) is 3.80. The van der Waals surface area contributed by atoms with E-state index in [2.05, 4.69) is 11.1 Å². The van der Waals surface area contributed by atoms with Crippen LogP contribution in [0.5, 0.6) is 5.75 Å². The lowest BCUT2D eigenvalue weighted by Gasteiger charge is -2.05. The van der Waals surface area contributed by atoms with Gasteiger partial charge in [0.15, 0.2) is 11.6 Å². The van der Waals surface area contributed by atoms with E-state index in [1.807, 2.05) is 6.92 Å². The van der Waals surface area contributed by atoms with Gasteiger partial charge in [-0.15, -0.1) is 11.3 Å². The largest absolute Gasteiger partial charge is 0.490 e. The van der Waals surface area contributed by atoms with Crippen LogP contribution in [-0.4, -0.2) is 11.6 Å². The highest BCUT2D eigenvalue weighted by Gasteiger charge is 2.08. The Hall–Kier alpha value is -1.93. The lowest BCUT2D eigenvalue weighted by Crippen LogP contribution is -2.02. The van der Waals surface area contributed by atoms with Gasteiger partial charge in [-0.2, -0.15) is 5.26 Å². The Morgan fingerprint density at radius 2 is 2.21 bits per heavy atom. The van der Waals surface area contributed by atoms with Crippen LogP contribution >= 0.6 is 11.3 Å². The number of halogens is 1. The number of para-hydroxylation sites is 1. The second kappa shape index (κ2) is 6.30. The molecule has 0 aliphatic carbocycles. The van der Waals surface area contributed by atoms with Crippen molar-refractivity contribution in [2.75, 3.05) is 6.61 Å². The van der Waals surface area contributed by atoms with Gasteiger partial charge in [-0.05, 0) is 19.1 Å². The second-order valence-corrected chi connectivity index (χ2v) is 5.15. The molecule has 2 aromatic rings. The Labute approximate surface area is 115 Å². The van der Waals surface area contributed by atoms with Crippen molar-refractivity contribution in [3.8, 4) is 11.8 Å². The highest BCUT2D eigenvalue weighted by molar-refractivity contribution is 7.11. The van der Waals surface area contributed by atoms with Gasteiger partial charge in [0.2, 0.25) is 0 Å². The number of nitriles is 1. The molecule has 1 aromatic carbocycles. The van der Waals surface area contributed by atoms with Gasteiger partial charge in [0, 0.05) is 11.3 Å². The normalized spacial score (nSPS) is 10.2. The molecule has 0 fully saturated rings.